The Labute approximate surface area is 120 Å². The van der Waals surface area contributed by atoms with Crippen LogP contribution in [-0.4, -0.2) is 47.9 Å². The summed E-state index contributed by atoms with van der Waals surface area (Å²) in [5, 5.41) is 17.8. The van der Waals surface area contributed by atoms with Gasteiger partial charge in [0, 0.05) is 0 Å². The Hall–Kier alpha value is -2.67. The molecule has 0 radical (unpaired) electrons. The van der Waals surface area contributed by atoms with Crippen molar-refractivity contribution in [3.8, 4) is 0 Å². The summed E-state index contributed by atoms with van der Waals surface area (Å²) >= 11 is 0. The average molecular weight is 294 g/mol. The minimum absolute atomic E-state index is 0.0492. The molecule has 0 aliphatic carbocycles. The van der Waals surface area contributed by atoms with Crippen LogP contribution in [0.4, 0.5) is 0 Å². The van der Waals surface area contributed by atoms with Crippen LogP contribution in [0.25, 0.3) is 0 Å². The Morgan fingerprint density at radius 3 is 2.38 bits per heavy atom. The molecule has 7 heteroatoms. The molecule has 1 rings (SSSR count). The molecule has 7 nitrogen and oxygen atoms in total. The van der Waals surface area contributed by atoms with E-state index in [2.05, 4.69) is 6.58 Å². The van der Waals surface area contributed by atoms with Gasteiger partial charge in [0.15, 0.2) is 0 Å². The first-order valence-corrected chi connectivity index (χ1v) is 5.93. The molecule has 0 atom stereocenters. The predicted molar refractivity (Wildman–Crippen MR) is 71.7 cm³/mol. The molecule has 0 saturated heterocycles. The maximum Gasteiger partial charge on any atom is 0.339 e. The van der Waals surface area contributed by atoms with E-state index in [1.807, 2.05) is 0 Å². The molecule has 0 spiro atoms. The third-order valence-electron chi connectivity index (χ3n) is 2.41. The lowest BCUT2D eigenvalue weighted by molar-refractivity contribution is 0.0348. The fraction of sp³-hybridized carbons (Fsp3) is 0.214. The summed E-state index contributed by atoms with van der Waals surface area (Å²) in [6.45, 7) is 3.86. The zero-order valence-corrected chi connectivity index (χ0v) is 11.1. The molecular weight excluding hydrogens is 280 g/mol. The minimum Gasteiger partial charge on any atom is -0.478 e. The van der Waals surface area contributed by atoms with Gasteiger partial charge in [-0.25, -0.2) is 14.4 Å². The second kappa shape index (κ2) is 7.81. The van der Waals surface area contributed by atoms with Crippen molar-refractivity contribution in [1.82, 2.24) is 0 Å². The molecule has 1 aromatic rings. The van der Waals surface area contributed by atoms with Gasteiger partial charge in [-0.2, -0.15) is 0 Å². The molecule has 0 aliphatic rings. The number of hydrogen-bond acceptors (Lipinski definition) is 5. The minimum atomic E-state index is -1.41. The van der Waals surface area contributed by atoms with Crippen LogP contribution in [0, 0.1) is 0 Å². The molecule has 0 aromatic heterocycles. The van der Waals surface area contributed by atoms with Gasteiger partial charge in [-0.3, -0.25) is 0 Å². The normalized spacial score (nSPS) is 9.90. The van der Waals surface area contributed by atoms with Crippen LogP contribution >= 0.6 is 0 Å². The summed E-state index contributed by atoms with van der Waals surface area (Å²) < 4.78 is 9.86. The first kappa shape index (κ1) is 16.4. The van der Waals surface area contributed by atoms with Crippen LogP contribution in [0.1, 0.15) is 31.1 Å². The highest BCUT2D eigenvalue weighted by Gasteiger charge is 2.19. The zero-order chi connectivity index (χ0) is 15.8. The highest BCUT2D eigenvalue weighted by Crippen LogP contribution is 2.14. The number of carbonyl (C=O) groups excluding carboxylic acids is 1. The van der Waals surface area contributed by atoms with Gasteiger partial charge in [0.1, 0.15) is 6.61 Å². The number of carboxylic acid groups (broad SMARTS) is 2. The van der Waals surface area contributed by atoms with Crippen molar-refractivity contribution in [1.29, 1.82) is 0 Å². The lowest BCUT2D eigenvalue weighted by Gasteiger charge is -2.08. The lowest BCUT2D eigenvalue weighted by Crippen LogP contribution is -2.15. The Balaban J connectivity index is 2.81. The van der Waals surface area contributed by atoms with E-state index in [9.17, 15) is 14.4 Å². The summed E-state index contributed by atoms with van der Waals surface area (Å²) in [5.41, 5.74) is -0.860. The van der Waals surface area contributed by atoms with E-state index in [0.717, 1.165) is 18.2 Å². The van der Waals surface area contributed by atoms with E-state index in [1.54, 1.807) is 0 Å². The summed E-state index contributed by atoms with van der Waals surface area (Å²) in [7, 11) is 0. The van der Waals surface area contributed by atoms with Gasteiger partial charge < -0.3 is 19.7 Å². The van der Waals surface area contributed by atoms with Crippen molar-refractivity contribution in [2.45, 2.75) is 0 Å². The Kier molecular flexibility index (Phi) is 6.09. The number of carboxylic acids is 2. The van der Waals surface area contributed by atoms with E-state index < -0.39 is 23.5 Å². The van der Waals surface area contributed by atoms with Gasteiger partial charge in [-0.1, -0.05) is 6.08 Å². The molecule has 0 fully saturated rings. The van der Waals surface area contributed by atoms with E-state index in [0.29, 0.717) is 6.61 Å². The quantitative estimate of drug-likeness (QED) is 0.424. The van der Waals surface area contributed by atoms with Crippen LogP contribution in [0.3, 0.4) is 0 Å². The number of benzene rings is 1. The van der Waals surface area contributed by atoms with Gasteiger partial charge in [-0.15, -0.1) is 6.58 Å². The molecule has 0 bridgehead atoms. The third-order valence-corrected chi connectivity index (χ3v) is 2.41. The van der Waals surface area contributed by atoms with Crippen molar-refractivity contribution in [2.75, 3.05) is 19.8 Å². The highest BCUT2D eigenvalue weighted by atomic mass is 16.6. The van der Waals surface area contributed by atoms with E-state index in [-0.39, 0.29) is 24.3 Å². The lowest BCUT2D eigenvalue weighted by atomic mass is 10.0. The topological polar surface area (TPSA) is 110 Å². The van der Waals surface area contributed by atoms with Gasteiger partial charge in [0.05, 0.1) is 29.9 Å². The maximum atomic E-state index is 11.8. The molecule has 2 N–H and O–H groups in total. The number of hydrogen-bond donors (Lipinski definition) is 2. The van der Waals surface area contributed by atoms with Gasteiger partial charge >= 0.3 is 17.9 Å². The van der Waals surface area contributed by atoms with Crippen molar-refractivity contribution < 1.29 is 34.1 Å². The van der Waals surface area contributed by atoms with Crippen LogP contribution in [0.15, 0.2) is 30.9 Å². The van der Waals surface area contributed by atoms with Crippen LogP contribution < -0.4 is 0 Å². The van der Waals surface area contributed by atoms with Gasteiger partial charge in [-0.05, 0) is 18.2 Å². The van der Waals surface area contributed by atoms with E-state index in [4.69, 9.17) is 19.7 Å². The Morgan fingerprint density at radius 1 is 1.10 bits per heavy atom. The molecule has 0 aliphatic heterocycles. The summed E-state index contributed by atoms with van der Waals surface area (Å²) in [5.74, 6) is -3.55. The number of aromatic carboxylic acids is 2. The fourth-order valence-electron chi connectivity index (χ4n) is 1.47. The average Bonchev–Trinajstić information content (AvgIpc) is 2.46. The van der Waals surface area contributed by atoms with Crippen LogP contribution in [-0.2, 0) is 9.47 Å². The number of rotatable bonds is 8. The van der Waals surface area contributed by atoms with Gasteiger partial charge in [0.2, 0.25) is 0 Å². The fourth-order valence-corrected chi connectivity index (χ4v) is 1.47. The maximum absolute atomic E-state index is 11.8. The molecule has 0 unspecified atom stereocenters. The molecule has 0 saturated carbocycles. The highest BCUT2D eigenvalue weighted by molar-refractivity contribution is 6.04. The zero-order valence-electron chi connectivity index (χ0n) is 11.1. The summed E-state index contributed by atoms with van der Waals surface area (Å²) in [6.07, 6.45) is 1.54. The number of esters is 1. The van der Waals surface area contributed by atoms with E-state index in [1.165, 1.54) is 6.08 Å². The molecule has 0 heterocycles. The van der Waals surface area contributed by atoms with E-state index >= 15 is 0 Å². The largest absolute Gasteiger partial charge is 0.478 e. The van der Waals surface area contributed by atoms with Gasteiger partial charge in [0.25, 0.3) is 0 Å². The molecule has 112 valence electrons. The molecule has 1 aromatic carbocycles. The number of ether oxygens (including phenoxy) is 2. The smallest absolute Gasteiger partial charge is 0.339 e. The van der Waals surface area contributed by atoms with Crippen LogP contribution in [0.5, 0.6) is 0 Å². The van der Waals surface area contributed by atoms with Crippen LogP contribution in [0.2, 0.25) is 0 Å². The summed E-state index contributed by atoms with van der Waals surface area (Å²) in [4.78, 5) is 33.7. The molecule has 21 heavy (non-hydrogen) atoms. The summed E-state index contributed by atoms with van der Waals surface area (Å²) in [6, 6.07) is 3.16. The second-order valence-electron chi connectivity index (χ2n) is 3.87. The van der Waals surface area contributed by atoms with Crippen molar-refractivity contribution in [3.05, 3.63) is 47.5 Å². The van der Waals surface area contributed by atoms with Crippen molar-refractivity contribution >= 4 is 17.9 Å². The first-order valence-electron chi connectivity index (χ1n) is 5.93. The van der Waals surface area contributed by atoms with Crippen molar-refractivity contribution in [3.63, 3.8) is 0 Å². The standard InChI is InChI=1S/C14H14O7/c1-2-5-20-6-7-21-14(19)10-4-3-9(12(15)16)8-11(10)13(17)18/h2-4,8H,1,5-7H2,(H,15,16)(H,17,18). The SMILES string of the molecule is C=CCOCCOC(=O)c1ccc(C(=O)O)cc1C(=O)O. The first-order chi connectivity index (χ1) is 9.97. The van der Waals surface area contributed by atoms with Crippen molar-refractivity contribution in [2.24, 2.45) is 0 Å². The predicted octanol–water partition coefficient (Wildman–Crippen LogP) is 1.44. The third kappa shape index (κ3) is 4.73. The monoisotopic (exact) mass is 294 g/mol. The second-order valence-corrected chi connectivity index (χ2v) is 3.87. The Bertz CT molecular complexity index is 562. The number of carbonyl (C=O) groups is 3. The Morgan fingerprint density at radius 2 is 1.81 bits per heavy atom. The molecular formula is C14H14O7. The molecule has 0 amide bonds.